The van der Waals surface area contributed by atoms with Gasteiger partial charge >= 0.3 is 5.97 Å². The van der Waals surface area contributed by atoms with Crippen LogP contribution < -0.4 is 0 Å². The summed E-state index contributed by atoms with van der Waals surface area (Å²) in [6.07, 6.45) is 11.0. The topological polar surface area (TPSA) is 66.8 Å². The molecular weight excluding hydrogens is 472 g/mol. The van der Waals surface area contributed by atoms with E-state index >= 15 is 0 Å². The van der Waals surface area contributed by atoms with Crippen LogP contribution in [-0.2, 0) is 9.53 Å². The van der Waals surface area contributed by atoms with E-state index in [-0.39, 0.29) is 57.1 Å². The van der Waals surface area contributed by atoms with Crippen LogP contribution in [0.1, 0.15) is 120 Å². The van der Waals surface area contributed by atoms with Crippen LogP contribution in [0, 0.1) is 56.7 Å². The number of hydrogen-bond donors (Lipinski definition) is 2. The van der Waals surface area contributed by atoms with Crippen molar-refractivity contribution in [3.8, 4) is 0 Å². The predicted octanol–water partition coefficient (Wildman–Crippen LogP) is 7.32. The first kappa shape index (κ1) is 28.7. The van der Waals surface area contributed by atoms with Gasteiger partial charge in [-0.1, -0.05) is 73.5 Å². The van der Waals surface area contributed by atoms with Crippen LogP contribution >= 0.6 is 0 Å². The van der Waals surface area contributed by atoms with E-state index in [1.807, 2.05) is 0 Å². The standard InChI is InChI=1S/C34H56O4/c1-10-13-34-17-16-32(8)28-22(31(7)14-12-27(37)30(5,6)26(31)19-24(28)36)11-15-33(32,9)29(34)25(38-21(4)35)18-23(34)20(2)3/h11,20,23-29,36-37H,10,12-19H2,1-9H3/t23-,24-,25+,26-,27-,28-,29+,31+,32-,33+,34-/m0/s1. The van der Waals surface area contributed by atoms with E-state index in [0.717, 1.165) is 44.9 Å². The molecule has 4 heteroatoms. The number of rotatable bonds is 4. The molecule has 0 heterocycles. The third-order valence-corrected chi connectivity index (χ3v) is 13.9. The quantitative estimate of drug-likeness (QED) is 0.296. The Morgan fingerprint density at radius 1 is 1.05 bits per heavy atom. The molecular formula is C34H56O4. The zero-order valence-corrected chi connectivity index (χ0v) is 25.8. The molecule has 0 unspecified atom stereocenters. The highest BCUT2D eigenvalue weighted by Crippen LogP contribution is 2.77. The summed E-state index contributed by atoms with van der Waals surface area (Å²) in [5, 5.41) is 23.0. The molecule has 0 amide bonds. The number of fused-ring (bicyclic) bond motifs is 7. The van der Waals surface area contributed by atoms with Crippen molar-refractivity contribution in [2.24, 2.45) is 56.7 Å². The van der Waals surface area contributed by atoms with Crippen molar-refractivity contribution in [3.05, 3.63) is 11.6 Å². The van der Waals surface area contributed by atoms with E-state index in [1.165, 1.54) is 18.4 Å². The average molecular weight is 529 g/mol. The largest absolute Gasteiger partial charge is 0.462 e. The summed E-state index contributed by atoms with van der Waals surface area (Å²) in [6.45, 7) is 20.5. The van der Waals surface area contributed by atoms with Crippen molar-refractivity contribution < 1.29 is 19.7 Å². The van der Waals surface area contributed by atoms with E-state index in [9.17, 15) is 15.0 Å². The Kier molecular flexibility index (Phi) is 6.84. The van der Waals surface area contributed by atoms with Gasteiger partial charge in [0.2, 0.25) is 0 Å². The molecule has 0 aromatic heterocycles. The number of esters is 1. The van der Waals surface area contributed by atoms with Crippen LogP contribution in [0.5, 0.6) is 0 Å². The van der Waals surface area contributed by atoms with Crippen LogP contribution in [0.4, 0.5) is 0 Å². The summed E-state index contributed by atoms with van der Waals surface area (Å²) in [7, 11) is 0. The molecule has 216 valence electrons. The van der Waals surface area contributed by atoms with Gasteiger partial charge in [0.25, 0.3) is 0 Å². The highest BCUT2D eigenvalue weighted by atomic mass is 16.5. The lowest BCUT2D eigenvalue weighted by Crippen LogP contribution is -2.66. The Bertz CT molecular complexity index is 983. The zero-order chi connectivity index (χ0) is 28.1. The van der Waals surface area contributed by atoms with Crippen LogP contribution in [0.2, 0.25) is 0 Å². The Balaban J connectivity index is 1.65. The molecule has 0 radical (unpaired) electrons. The summed E-state index contributed by atoms with van der Waals surface area (Å²) >= 11 is 0. The van der Waals surface area contributed by atoms with Crippen molar-refractivity contribution in [2.75, 3.05) is 0 Å². The Morgan fingerprint density at radius 3 is 2.34 bits per heavy atom. The number of hydrogen-bond acceptors (Lipinski definition) is 4. The molecule has 4 fully saturated rings. The molecule has 0 spiro atoms. The molecule has 11 atom stereocenters. The first-order valence-corrected chi connectivity index (χ1v) is 15.8. The second-order valence-corrected chi connectivity index (χ2v) is 16.0. The smallest absolute Gasteiger partial charge is 0.302 e. The van der Waals surface area contributed by atoms with E-state index in [2.05, 4.69) is 61.5 Å². The lowest BCUT2D eigenvalue weighted by molar-refractivity contribution is -0.211. The highest BCUT2D eigenvalue weighted by Gasteiger charge is 2.73. The number of carbonyl (C=O) groups excluding carboxylic acids is 1. The maximum absolute atomic E-state index is 12.4. The summed E-state index contributed by atoms with van der Waals surface area (Å²) in [6, 6.07) is 0. The van der Waals surface area contributed by atoms with Crippen molar-refractivity contribution in [1.29, 1.82) is 0 Å². The average Bonchev–Trinajstić information content (AvgIpc) is 3.14. The number of ether oxygens (including phenoxy) is 1. The zero-order valence-electron chi connectivity index (χ0n) is 25.8. The molecule has 5 rings (SSSR count). The fourth-order valence-corrected chi connectivity index (χ4v) is 12.1. The van der Waals surface area contributed by atoms with Gasteiger partial charge in [0.05, 0.1) is 12.2 Å². The van der Waals surface area contributed by atoms with Gasteiger partial charge in [-0.25, -0.2) is 0 Å². The number of aliphatic hydroxyl groups excluding tert-OH is 2. The summed E-state index contributed by atoms with van der Waals surface area (Å²) < 4.78 is 6.25. The van der Waals surface area contributed by atoms with Crippen LogP contribution in [-0.4, -0.2) is 34.5 Å². The number of carbonyl (C=O) groups is 1. The van der Waals surface area contributed by atoms with E-state index in [1.54, 1.807) is 6.92 Å². The first-order valence-electron chi connectivity index (χ1n) is 15.8. The third-order valence-electron chi connectivity index (χ3n) is 13.9. The number of aliphatic hydroxyl groups is 2. The van der Waals surface area contributed by atoms with Gasteiger partial charge in [-0.15, -0.1) is 0 Å². The molecule has 4 nitrogen and oxygen atoms in total. The van der Waals surface area contributed by atoms with Gasteiger partial charge in [-0.05, 0) is 96.2 Å². The second-order valence-electron chi connectivity index (χ2n) is 16.0. The Morgan fingerprint density at radius 2 is 1.74 bits per heavy atom. The maximum atomic E-state index is 12.4. The normalized spacial score (nSPS) is 51.4. The minimum absolute atomic E-state index is 0.0142. The molecule has 2 N–H and O–H groups in total. The molecule has 38 heavy (non-hydrogen) atoms. The Labute approximate surface area is 232 Å². The molecule has 0 saturated heterocycles. The second kappa shape index (κ2) is 9.07. The number of allylic oxidation sites excluding steroid dienone is 1. The van der Waals surface area contributed by atoms with Crippen LogP contribution in [0.25, 0.3) is 0 Å². The van der Waals surface area contributed by atoms with Gasteiger partial charge in [-0.3, -0.25) is 4.79 Å². The molecule has 0 bridgehead atoms. The third kappa shape index (κ3) is 3.57. The molecule has 5 aliphatic carbocycles. The molecule has 0 aromatic rings. The Hall–Kier alpha value is -0.870. The van der Waals surface area contributed by atoms with E-state index in [0.29, 0.717) is 17.8 Å². The lowest BCUT2D eigenvalue weighted by atomic mass is 9.34. The van der Waals surface area contributed by atoms with E-state index in [4.69, 9.17) is 4.74 Å². The molecule has 0 aliphatic heterocycles. The van der Waals surface area contributed by atoms with Gasteiger partial charge in [0.15, 0.2) is 0 Å². The van der Waals surface area contributed by atoms with Crippen molar-refractivity contribution in [1.82, 2.24) is 0 Å². The van der Waals surface area contributed by atoms with Gasteiger partial charge in [0.1, 0.15) is 6.10 Å². The summed E-state index contributed by atoms with van der Waals surface area (Å²) in [5.41, 5.74) is 1.36. The van der Waals surface area contributed by atoms with Gasteiger partial charge in [-0.2, -0.15) is 0 Å². The van der Waals surface area contributed by atoms with Crippen LogP contribution in [0.3, 0.4) is 0 Å². The molecule has 5 aliphatic rings. The van der Waals surface area contributed by atoms with Crippen molar-refractivity contribution >= 4 is 5.97 Å². The minimum Gasteiger partial charge on any atom is -0.462 e. The fourth-order valence-electron chi connectivity index (χ4n) is 12.1. The molecule has 4 saturated carbocycles. The monoisotopic (exact) mass is 528 g/mol. The highest BCUT2D eigenvalue weighted by molar-refractivity contribution is 5.66. The summed E-state index contributed by atoms with van der Waals surface area (Å²) in [4.78, 5) is 12.4. The predicted molar refractivity (Wildman–Crippen MR) is 152 cm³/mol. The molecule has 0 aromatic carbocycles. The first-order chi connectivity index (χ1) is 17.6. The van der Waals surface area contributed by atoms with E-state index < -0.39 is 6.10 Å². The SMILES string of the molecule is CCC[C@@]12CC[C@@]3(C)[C@H]4C(=CC[C@]3(C)[C@H]1[C@H](OC(C)=O)C[C@H]2C(C)C)[C@@]1(C)CC[C@H](O)C(C)(C)[C@@H]1C[C@@H]4O. The lowest BCUT2D eigenvalue weighted by Gasteiger charge is -2.70. The van der Waals surface area contributed by atoms with Crippen LogP contribution in [0.15, 0.2) is 11.6 Å². The van der Waals surface area contributed by atoms with Crippen molar-refractivity contribution in [3.63, 3.8) is 0 Å². The minimum atomic E-state index is -0.401. The fraction of sp³-hybridized carbons (Fsp3) is 0.912. The summed E-state index contributed by atoms with van der Waals surface area (Å²) in [5.74, 6) is 1.68. The van der Waals surface area contributed by atoms with Gasteiger partial charge < -0.3 is 14.9 Å². The van der Waals surface area contributed by atoms with Crippen molar-refractivity contribution in [2.45, 2.75) is 138 Å². The maximum Gasteiger partial charge on any atom is 0.302 e. The van der Waals surface area contributed by atoms with Gasteiger partial charge in [0, 0.05) is 18.8 Å².